The average Bonchev–Trinajstić information content (AvgIpc) is 3.07. The number of H-pyrrole nitrogens is 1. The van der Waals surface area contributed by atoms with Gasteiger partial charge in [0.1, 0.15) is 23.5 Å². The van der Waals surface area contributed by atoms with Gasteiger partial charge in [-0.05, 0) is 35.9 Å². The first-order valence-corrected chi connectivity index (χ1v) is 7.97. The molecular weight excluding hydrogens is 357 g/mol. The third-order valence-electron chi connectivity index (χ3n) is 4.10. The van der Waals surface area contributed by atoms with Crippen LogP contribution in [0.4, 0.5) is 24.7 Å². The van der Waals surface area contributed by atoms with Crippen LogP contribution in [0.25, 0.3) is 22.2 Å². The number of hydrogen-bond donors (Lipinski definition) is 3. The van der Waals surface area contributed by atoms with Crippen LogP contribution in [-0.2, 0) is 6.18 Å². The molecule has 0 aliphatic rings. The summed E-state index contributed by atoms with van der Waals surface area (Å²) in [6.45, 7) is 0. The summed E-state index contributed by atoms with van der Waals surface area (Å²) < 4.78 is 38.8. The molecule has 0 saturated carbocycles. The number of nitrogens with zero attached hydrogens (tertiary/aromatic N) is 2. The van der Waals surface area contributed by atoms with Crippen LogP contribution in [0, 0.1) is 0 Å². The molecule has 2 aromatic carbocycles. The summed E-state index contributed by atoms with van der Waals surface area (Å²) in [5.41, 5.74) is 1.64. The van der Waals surface area contributed by atoms with Gasteiger partial charge in [-0.15, -0.1) is 0 Å². The lowest BCUT2D eigenvalue weighted by molar-refractivity contribution is -0.137. The minimum Gasteiger partial charge on any atom is -0.508 e. The standard InChI is InChI=1S/C19H13F3N4O/c20-19(21,22)12-2-1-3-13(8-12)26-18-16-15(9-23-17(16)24-10-25-18)11-4-6-14(27)7-5-11/h1-10,27H,(H2,23,24,25,26). The SMILES string of the molecule is Oc1ccc(-c2c[nH]c3ncnc(Nc4cccc(C(F)(F)F)c4)c23)cc1. The summed E-state index contributed by atoms with van der Waals surface area (Å²) in [5, 5.41) is 13.1. The second kappa shape index (κ2) is 6.31. The van der Waals surface area contributed by atoms with Crippen molar-refractivity contribution in [3.05, 3.63) is 66.6 Å². The molecule has 4 rings (SSSR count). The predicted octanol–water partition coefficient (Wildman–Crippen LogP) is 5.09. The number of aromatic amines is 1. The van der Waals surface area contributed by atoms with E-state index in [1.807, 2.05) is 0 Å². The number of phenols is 1. The highest BCUT2D eigenvalue weighted by Crippen LogP contribution is 2.35. The van der Waals surface area contributed by atoms with E-state index in [2.05, 4.69) is 20.3 Å². The quantitative estimate of drug-likeness (QED) is 0.469. The Labute approximate surface area is 151 Å². The zero-order valence-corrected chi connectivity index (χ0v) is 13.7. The Hall–Kier alpha value is -3.55. The summed E-state index contributed by atoms with van der Waals surface area (Å²) in [5.74, 6) is 0.515. The summed E-state index contributed by atoms with van der Waals surface area (Å²) in [6, 6.07) is 11.5. The van der Waals surface area contributed by atoms with Gasteiger partial charge in [-0.25, -0.2) is 9.97 Å². The highest BCUT2D eigenvalue weighted by atomic mass is 19.4. The molecule has 4 aromatic rings. The maximum absolute atomic E-state index is 12.9. The fourth-order valence-corrected chi connectivity index (χ4v) is 2.84. The summed E-state index contributed by atoms with van der Waals surface area (Å²) >= 11 is 0. The van der Waals surface area contributed by atoms with E-state index in [4.69, 9.17) is 0 Å². The first kappa shape index (κ1) is 16.9. The van der Waals surface area contributed by atoms with Crippen molar-refractivity contribution < 1.29 is 18.3 Å². The number of phenolic OH excluding ortho intramolecular Hbond substituents is 1. The van der Waals surface area contributed by atoms with Gasteiger partial charge in [0.15, 0.2) is 0 Å². The topological polar surface area (TPSA) is 73.8 Å². The molecule has 0 spiro atoms. The van der Waals surface area contributed by atoms with Crippen LogP contribution in [-0.4, -0.2) is 20.1 Å². The number of nitrogens with one attached hydrogen (secondary N) is 2. The molecule has 0 saturated heterocycles. The monoisotopic (exact) mass is 370 g/mol. The Balaban J connectivity index is 1.79. The van der Waals surface area contributed by atoms with Crippen molar-refractivity contribution in [2.75, 3.05) is 5.32 Å². The number of anilines is 2. The van der Waals surface area contributed by atoms with Crippen molar-refractivity contribution in [1.82, 2.24) is 15.0 Å². The molecule has 0 fully saturated rings. The third kappa shape index (κ3) is 3.29. The van der Waals surface area contributed by atoms with Crippen LogP contribution < -0.4 is 5.32 Å². The van der Waals surface area contributed by atoms with Gasteiger partial charge in [0.25, 0.3) is 0 Å². The Kier molecular flexibility index (Phi) is 3.95. The van der Waals surface area contributed by atoms with Crippen molar-refractivity contribution in [2.45, 2.75) is 6.18 Å². The normalized spacial score (nSPS) is 11.7. The van der Waals surface area contributed by atoms with Crippen LogP contribution in [0.15, 0.2) is 61.1 Å². The van der Waals surface area contributed by atoms with Crippen molar-refractivity contribution in [3.63, 3.8) is 0 Å². The van der Waals surface area contributed by atoms with E-state index in [-0.39, 0.29) is 11.4 Å². The van der Waals surface area contributed by atoms with Crippen molar-refractivity contribution in [3.8, 4) is 16.9 Å². The van der Waals surface area contributed by atoms with E-state index >= 15 is 0 Å². The number of rotatable bonds is 3. The highest BCUT2D eigenvalue weighted by molar-refractivity contribution is 6.01. The molecule has 0 aliphatic heterocycles. The summed E-state index contributed by atoms with van der Waals surface area (Å²) in [7, 11) is 0. The lowest BCUT2D eigenvalue weighted by atomic mass is 10.1. The molecule has 5 nitrogen and oxygen atoms in total. The van der Waals surface area contributed by atoms with Crippen molar-refractivity contribution >= 4 is 22.5 Å². The summed E-state index contributed by atoms with van der Waals surface area (Å²) in [6.07, 6.45) is -1.36. The van der Waals surface area contributed by atoms with Gasteiger partial charge in [-0.2, -0.15) is 13.2 Å². The van der Waals surface area contributed by atoms with Gasteiger partial charge in [0.2, 0.25) is 0 Å². The van der Waals surface area contributed by atoms with Gasteiger partial charge in [0.05, 0.1) is 10.9 Å². The minimum absolute atomic E-state index is 0.136. The highest BCUT2D eigenvalue weighted by Gasteiger charge is 2.30. The van der Waals surface area contributed by atoms with E-state index in [9.17, 15) is 18.3 Å². The van der Waals surface area contributed by atoms with E-state index < -0.39 is 11.7 Å². The first-order chi connectivity index (χ1) is 12.9. The third-order valence-corrected chi connectivity index (χ3v) is 4.10. The van der Waals surface area contributed by atoms with Crippen LogP contribution in [0.2, 0.25) is 0 Å². The maximum atomic E-state index is 12.9. The van der Waals surface area contributed by atoms with E-state index in [1.165, 1.54) is 18.5 Å². The maximum Gasteiger partial charge on any atom is 0.416 e. The fourth-order valence-electron chi connectivity index (χ4n) is 2.84. The van der Waals surface area contributed by atoms with Gasteiger partial charge < -0.3 is 15.4 Å². The van der Waals surface area contributed by atoms with Gasteiger partial charge in [-0.1, -0.05) is 18.2 Å². The van der Waals surface area contributed by atoms with Crippen LogP contribution in [0.5, 0.6) is 5.75 Å². The number of aromatic nitrogens is 3. The van der Waals surface area contributed by atoms with Crippen molar-refractivity contribution in [2.24, 2.45) is 0 Å². The molecule has 0 amide bonds. The summed E-state index contributed by atoms with van der Waals surface area (Å²) in [4.78, 5) is 11.4. The van der Waals surface area contributed by atoms with Crippen LogP contribution >= 0.6 is 0 Å². The Bertz CT molecular complexity index is 1100. The average molecular weight is 370 g/mol. The molecule has 136 valence electrons. The van der Waals surface area contributed by atoms with Crippen LogP contribution in [0.1, 0.15) is 5.56 Å². The Morgan fingerprint density at radius 2 is 1.78 bits per heavy atom. The molecule has 27 heavy (non-hydrogen) atoms. The fraction of sp³-hybridized carbons (Fsp3) is 0.0526. The van der Waals surface area contributed by atoms with Gasteiger partial charge in [0, 0.05) is 17.4 Å². The second-order valence-corrected chi connectivity index (χ2v) is 5.90. The largest absolute Gasteiger partial charge is 0.508 e. The van der Waals surface area contributed by atoms with E-state index in [0.717, 1.165) is 23.3 Å². The number of hydrogen-bond acceptors (Lipinski definition) is 4. The molecule has 8 heteroatoms. The molecular formula is C19H13F3N4O. The molecule has 0 atom stereocenters. The number of benzene rings is 2. The number of alkyl halides is 3. The minimum atomic E-state index is -4.43. The Morgan fingerprint density at radius 3 is 2.52 bits per heavy atom. The zero-order chi connectivity index (χ0) is 19.0. The van der Waals surface area contributed by atoms with Gasteiger partial charge in [-0.3, -0.25) is 0 Å². The van der Waals surface area contributed by atoms with Gasteiger partial charge >= 0.3 is 6.18 Å². The first-order valence-electron chi connectivity index (χ1n) is 7.97. The lowest BCUT2D eigenvalue weighted by Crippen LogP contribution is -2.05. The predicted molar refractivity (Wildman–Crippen MR) is 95.7 cm³/mol. The zero-order valence-electron chi connectivity index (χ0n) is 13.7. The number of aromatic hydroxyl groups is 1. The Morgan fingerprint density at radius 1 is 1.00 bits per heavy atom. The van der Waals surface area contributed by atoms with Crippen molar-refractivity contribution in [1.29, 1.82) is 0 Å². The lowest BCUT2D eigenvalue weighted by Gasteiger charge is -2.11. The molecule has 3 N–H and O–H groups in total. The number of fused-ring (bicyclic) bond motifs is 1. The smallest absolute Gasteiger partial charge is 0.416 e. The second-order valence-electron chi connectivity index (χ2n) is 5.90. The van der Waals surface area contributed by atoms with E-state index in [0.29, 0.717) is 16.9 Å². The van der Waals surface area contributed by atoms with Crippen LogP contribution in [0.3, 0.4) is 0 Å². The molecule has 2 aromatic heterocycles. The molecule has 0 radical (unpaired) electrons. The molecule has 0 bridgehead atoms. The van der Waals surface area contributed by atoms with E-state index in [1.54, 1.807) is 30.5 Å². The molecule has 0 unspecified atom stereocenters. The molecule has 0 aliphatic carbocycles. The number of halogens is 3. The molecule has 2 heterocycles.